The number of amides is 1. The number of aliphatic carboxylic acids is 1. The van der Waals surface area contributed by atoms with E-state index in [1.807, 2.05) is 0 Å². The van der Waals surface area contributed by atoms with Gasteiger partial charge in [0, 0.05) is 5.69 Å². The Kier molecular flexibility index (Phi) is 4.32. The highest BCUT2D eigenvalue weighted by molar-refractivity contribution is 5.95. The van der Waals surface area contributed by atoms with Crippen LogP contribution in [0.1, 0.15) is 32.8 Å². The minimum atomic E-state index is -0.940. The van der Waals surface area contributed by atoms with Crippen LogP contribution < -0.4 is 10.6 Å². The van der Waals surface area contributed by atoms with Crippen LogP contribution in [0.3, 0.4) is 0 Å². The van der Waals surface area contributed by atoms with E-state index in [1.54, 1.807) is 38.1 Å². The van der Waals surface area contributed by atoms with E-state index < -0.39 is 11.4 Å². The maximum absolute atomic E-state index is 12.1. The van der Waals surface area contributed by atoms with Crippen LogP contribution in [0, 0.1) is 5.92 Å². The molecule has 1 aliphatic heterocycles. The molecule has 3 N–H and O–H groups in total. The van der Waals surface area contributed by atoms with Crippen molar-refractivity contribution < 1.29 is 14.7 Å². The fourth-order valence-corrected chi connectivity index (χ4v) is 2.50. The molecule has 1 amide bonds. The van der Waals surface area contributed by atoms with Crippen LogP contribution in [0.2, 0.25) is 0 Å². The summed E-state index contributed by atoms with van der Waals surface area (Å²) in [4.78, 5) is 23.4. The van der Waals surface area contributed by atoms with Crippen molar-refractivity contribution in [3.63, 3.8) is 0 Å². The Morgan fingerprint density at radius 2 is 1.90 bits per heavy atom. The highest BCUT2D eigenvalue weighted by Gasteiger charge is 2.30. The van der Waals surface area contributed by atoms with E-state index in [4.69, 9.17) is 0 Å². The minimum absolute atomic E-state index is 0.0368. The second-order valence-electron chi connectivity index (χ2n) is 6.19. The fraction of sp³-hybridized carbons (Fsp3) is 0.500. The first kappa shape index (κ1) is 15.5. The van der Waals surface area contributed by atoms with E-state index >= 15 is 0 Å². The molecule has 2 atom stereocenters. The second kappa shape index (κ2) is 5.85. The lowest BCUT2D eigenvalue weighted by Crippen LogP contribution is -2.39. The number of nitrogens with one attached hydrogen (secondary N) is 2. The summed E-state index contributed by atoms with van der Waals surface area (Å²) in [7, 11) is 0. The van der Waals surface area contributed by atoms with E-state index in [2.05, 4.69) is 17.6 Å². The van der Waals surface area contributed by atoms with Crippen molar-refractivity contribution in [2.75, 3.05) is 11.9 Å². The Labute approximate surface area is 124 Å². The quantitative estimate of drug-likeness (QED) is 0.792. The second-order valence-corrected chi connectivity index (χ2v) is 6.19. The van der Waals surface area contributed by atoms with Gasteiger partial charge in [0.1, 0.15) is 0 Å². The summed E-state index contributed by atoms with van der Waals surface area (Å²) in [6.45, 7) is 6.24. The summed E-state index contributed by atoms with van der Waals surface area (Å²) in [5.74, 6) is -0.580. The molecule has 5 heteroatoms. The van der Waals surface area contributed by atoms with E-state index in [-0.39, 0.29) is 11.9 Å². The van der Waals surface area contributed by atoms with Crippen LogP contribution in [0.25, 0.3) is 0 Å². The number of anilines is 1. The van der Waals surface area contributed by atoms with Gasteiger partial charge in [0.25, 0.3) is 0 Å². The smallest absolute Gasteiger partial charge is 0.313 e. The first-order chi connectivity index (χ1) is 9.82. The molecule has 1 aromatic carbocycles. The molecule has 0 spiro atoms. The molecule has 5 nitrogen and oxygen atoms in total. The molecule has 0 bridgehead atoms. The summed E-state index contributed by atoms with van der Waals surface area (Å²) in [5, 5.41) is 15.3. The Morgan fingerprint density at radius 1 is 1.29 bits per heavy atom. The lowest BCUT2D eigenvalue weighted by Gasteiger charge is -2.20. The van der Waals surface area contributed by atoms with Gasteiger partial charge in [0.2, 0.25) is 5.91 Å². The molecule has 2 unspecified atom stereocenters. The van der Waals surface area contributed by atoms with Crippen molar-refractivity contribution in [3.8, 4) is 0 Å². The highest BCUT2D eigenvalue weighted by Crippen LogP contribution is 2.25. The summed E-state index contributed by atoms with van der Waals surface area (Å²) < 4.78 is 0. The molecular weight excluding hydrogens is 268 g/mol. The van der Waals surface area contributed by atoms with Crippen molar-refractivity contribution in [3.05, 3.63) is 29.8 Å². The van der Waals surface area contributed by atoms with Gasteiger partial charge in [-0.2, -0.15) is 0 Å². The zero-order valence-electron chi connectivity index (χ0n) is 12.6. The molecule has 0 radical (unpaired) electrons. The van der Waals surface area contributed by atoms with Gasteiger partial charge in [-0.15, -0.1) is 0 Å². The minimum Gasteiger partial charge on any atom is -0.481 e. The number of carbonyl (C=O) groups excluding carboxylic acids is 1. The van der Waals surface area contributed by atoms with Gasteiger partial charge in [-0.05, 0) is 50.4 Å². The summed E-state index contributed by atoms with van der Waals surface area (Å²) in [6.07, 6.45) is 1.00. The average molecular weight is 290 g/mol. The van der Waals surface area contributed by atoms with Crippen molar-refractivity contribution in [1.82, 2.24) is 5.32 Å². The number of carboxylic acid groups (broad SMARTS) is 1. The average Bonchev–Trinajstić information content (AvgIpc) is 2.85. The summed E-state index contributed by atoms with van der Waals surface area (Å²) in [5.41, 5.74) is 0.454. The first-order valence-corrected chi connectivity index (χ1v) is 7.20. The van der Waals surface area contributed by atoms with Crippen LogP contribution in [-0.2, 0) is 15.0 Å². The summed E-state index contributed by atoms with van der Waals surface area (Å²) >= 11 is 0. The third-order valence-corrected chi connectivity index (χ3v) is 4.22. The zero-order valence-corrected chi connectivity index (χ0v) is 12.6. The van der Waals surface area contributed by atoms with Crippen molar-refractivity contribution in [2.45, 2.75) is 38.6 Å². The number of benzene rings is 1. The molecule has 1 saturated heterocycles. The predicted molar refractivity (Wildman–Crippen MR) is 81.3 cm³/mol. The molecule has 114 valence electrons. The number of carbonyl (C=O) groups is 2. The first-order valence-electron chi connectivity index (χ1n) is 7.20. The van der Waals surface area contributed by atoms with Gasteiger partial charge < -0.3 is 15.7 Å². The zero-order chi connectivity index (χ0) is 15.6. The number of rotatable bonds is 4. The molecule has 0 aromatic heterocycles. The van der Waals surface area contributed by atoms with E-state index in [1.165, 1.54) is 0 Å². The molecule has 21 heavy (non-hydrogen) atoms. The molecular formula is C16H22N2O3. The Morgan fingerprint density at radius 3 is 2.38 bits per heavy atom. The van der Waals surface area contributed by atoms with Crippen LogP contribution in [0.15, 0.2) is 24.3 Å². The molecule has 1 aliphatic rings. The van der Waals surface area contributed by atoms with Crippen molar-refractivity contribution in [1.29, 1.82) is 0 Å². The van der Waals surface area contributed by atoms with Crippen LogP contribution in [-0.4, -0.2) is 29.6 Å². The lowest BCUT2D eigenvalue weighted by molar-refractivity contribution is -0.142. The monoisotopic (exact) mass is 290 g/mol. The molecule has 1 heterocycles. The van der Waals surface area contributed by atoms with Gasteiger partial charge in [-0.1, -0.05) is 19.1 Å². The normalized spacial score (nSPS) is 22.0. The predicted octanol–water partition coefficient (Wildman–Crippen LogP) is 1.99. The maximum Gasteiger partial charge on any atom is 0.313 e. The van der Waals surface area contributed by atoms with Crippen LogP contribution in [0.5, 0.6) is 0 Å². The van der Waals surface area contributed by atoms with E-state index in [0.717, 1.165) is 13.0 Å². The number of hydrogen-bond acceptors (Lipinski definition) is 3. The Balaban J connectivity index is 2.06. The van der Waals surface area contributed by atoms with E-state index in [0.29, 0.717) is 17.2 Å². The highest BCUT2D eigenvalue weighted by atomic mass is 16.4. The van der Waals surface area contributed by atoms with Gasteiger partial charge in [0.05, 0.1) is 11.5 Å². The van der Waals surface area contributed by atoms with Crippen LogP contribution >= 0.6 is 0 Å². The standard InChI is InChI=1S/C16H22N2O3/c1-10-8-9-17-13(10)14(19)18-12-6-4-11(5-7-12)16(2,3)15(20)21/h4-7,10,13,17H,8-9H2,1-3H3,(H,18,19)(H,20,21). The van der Waals surface area contributed by atoms with Crippen molar-refractivity contribution in [2.24, 2.45) is 5.92 Å². The van der Waals surface area contributed by atoms with Crippen LogP contribution in [0.4, 0.5) is 5.69 Å². The molecule has 2 rings (SSSR count). The van der Waals surface area contributed by atoms with Gasteiger partial charge in [-0.25, -0.2) is 0 Å². The Bertz CT molecular complexity index is 537. The molecule has 0 saturated carbocycles. The molecule has 1 fully saturated rings. The SMILES string of the molecule is CC1CCNC1C(=O)Nc1ccc(C(C)(C)C(=O)O)cc1. The lowest BCUT2D eigenvalue weighted by atomic mass is 9.85. The number of hydrogen-bond donors (Lipinski definition) is 3. The molecule has 1 aromatic rings. The fourth-order valence-electron chi connectivity index (χ4n) is 2.50. The largest absolute Gasteiger partial charge is 0.481 e. The van der Waals surface area contributed by atoms with Gasteiger partial charge in [-0.3, -0.25) is 9.59 Å². The topological polar surface area (TPSA) is 78.4 Å². The van der Waals surface area contributed by atoms with E-state index in [9.17, 15) is 14.7 Å². The maximum atomic E-state index is 12.1. The third kappa shape index (κ3) is 3.24. The van der Waals surface area contributed by atoms with Gasteiger partial charge >= 0.3 is 5.97 Å². The summed E-state index contributed by atoms with van der Waals surface area (Å²) in [6, 6.07) is 6.83. The van der Waals surface area contributed by atoms with Gasteiger partial charge in [0.15, 0.2) is 0 Å². The number of carboxylic acids is 1. The Hall–Kier alpha value is -1.88. The molecule has 0 aliphatic carbocycles. The third-order valence-electron chi connectivity index (χ3n) is 4.22. The van der Waals surface area contributed by atoms with Crippen molar-refractivity contribution >= 4 is 17.6 Å².